The molecule has 2 aliphatic heterocycles. The van der Waals surface area contributed by atoms with E-state index in [4.69, 9.17) is 24.7 Å². The zero-order valence-electron chi connectivity index (χ0n) is 25.0. The van der Waals surface area contributed by atoms with Crippen LogP contribution < -0.4 is 24.7 Å². The number of benzene rings is 2. The third-order valence-corrected chi connectivity index (χ3v) is 8.40. The van der Waals surface area contributed by atoms with Gasteiger partial charge < -0.3 is 34.7 Å². The Morgan fingerprint density at radius 2 is 1.83 bits per heavy atom. The second-order valence-electron chi connectivity index (χ2n) is 11.0. The number of carbonyl (C=O) groups excluding carboxylic acids is 1. The minimum atomic E-state index is -0.887. The van der Waals surface area contributed by atoms with Crippen molar-refractivity contribution in [2.24, 2.45) is 11.7 Å². The summed E-state index contributed by atoms with van der Waals surface area (Å²) in [7, 11) is 3.19. The van der Waals surface area contributed by atoms with Crippen LogP contribution in [-0.4, -0.2) is 86.6 Å². The van der Waals surface area contributed by atoms with Gasteiger partial charge in [0.1, 0.15) is 5.75 Å². The summed E-state index contributed by atoms with van der Waals surface area (Å²) >= 11 is 0. The Labute approximate surface area is 248 Å². The van der Waals surface area contributed by atoms with E-state index in [9.17, 15) is 14.7 Å². The Balaban J connectivity index is 1.64. The Morgan fingerprint density at radius 1 is 1.07 bits per heavy atom. The van der Waals surface area contributed by atoms with E-state index in [1.165, 1.54) is 0 Å². The summed E-state index contributed by atoms with van der Waals surface area (Å²) in [6, 6.07) is 11.1. The lowest BCUT2D eigenvalue weighted by Gasteiger charge is -2.30. The second-order valence-corrected chi connectivity index (χ2v) is 11.0. The Bertz CT molecular complexity index is 1210. The maximum absolute atomic E-state index is 13.7. The highest BCUT2D eigenvalue weighted by Gasteiger charge is 2.47. The number of hydrogen-bond donors (Lipinski definition) is 2. The normalized spacial score (nSPS) is 19.6. The Morgan fingerprint density at radius 3 is 2.55 bits per heavy atom. The molecule has 1 fully saturated rings. The van der Waals surface area contributed by atoms with Crippen molar-refractivity contribution in [3.63, 3.8) is 0 Å². The summed E-state index contributed by atoms with van der Waals surface area (Å²) in [5.41, 5.74) is 7.52. The number of hydrogen-bond acceptors (Lipinski definition) is 8. The average molecular weight is 584 g/mol. The van der Waals surface area contributed by atoms with Gasteiger partial charge in [0.05, 0.1) is 26.7 Å². The third kappa shape index (κ3) is 7.28. The molecule has 3 N–H and O–H groups in total. The molecule has 2 aromatic carbocycles. The van der Waals surface area contributed by atoms with E-state index in [0.717, 1.165) is 42.6 Å². The molecule has 230 valence electrons. The lowest BCUT2D eigenvalue weighted by Crippen LogP contribution is -2.45. The fraction of sp³-hybridized carbons (Fsp3) is 0.562. The fourth-order valence-corrected chi connectivity index (χ4v) is 6.20. The van der Waals surface area contributed by atoms with E-state index in [0.29, 0.717) is 56.3 Å². The number of para-hydroxylation sites is 1. The van der Waals surface area contributed by atoms with Gasteiger partial charge in [-0.1, -0.05) is 31.5 Å². The number of aryl methyl sites for hydroxylation is 1. The molecule has 10 nitrogen and oxygen atoms in total. The van der Waals surface area contributed by atoms with Gasteiger partial charge in [0.2, 0.25) is 18.4 Å². The number of aliphatic carboxylic acids is 1. The van der Waals surface area contributed by atoms with Gasteiger partial charge in [-0.05, 0) is 68.0 Å². The molecule has 10 heteroatoms. The molecule has 2 aliphatic rings. The van der Waals surface area contributed by atoms with Gasteiger partial charge in [-0.3, -0.25) is 14.5 Å². The number of fused-ring (bicyclic) bond motifs is 1. The van der Waals surface area contributed by atoms with Crippen LogP contribution in [0, 0.1) is 5.92 Å². The average Bonchev–Trinajstić information content (AvgIpc) is 3.62. The van der Waals surface area contributed by atoms with Gasteiger partial charge in [0.15, 0.2) is 11.5 Å². The largest absolute Gasteiger partial charge is 0.496 e. The van der Waals surface area contributed by atoms with Gasteiger partial charge in [0.25, 0.3) is 0 Å². The summed E-state index contributed by atoms with van der Waals surface area (Å²) in [6.07, 6.45) is 4.79. The van der Waals surface area contributed by atoms with Crippen molar-refractivity contribution in [1.82, 2.24) is 9.80 Å². The highest BCUT2D eigenvalue weighted by Crippen LogP contribution is 2.47. The molecule has 3 atom stereocenters. The fourth-order valence-electron chi connectivity index (χ4n) is 6.20. The van der Waals surface area contributed by atoms with Crippen LogP contribution in [0.1, 0.15) is 56.1 Å². The Hall–Kier alpha value is -3.50. The number of nitrogens with two attached hydrogens (primary N) is 1. The van der Waals surface area contributed by atoms with Crippen molar-refractivity contribution in [2.45, 2.75) is 57.4 Å². The zero-order valence-corrected chi connectivity index (χ0v) is 25.0. The van der Waals surface area contributed by atoms with Gasteiger partial charge in [-0.15, -0.1) is 0 Å². The number of amides is 1. The number of methoxy groups -OCH3 is 2. The summed E-state index contributed by atoms with van der Waals surface area (Å²) in [6.45, 7) is 4.71. The van der Waals surface area contributed by atoms with E-state index in [1.807, 2.05) is 41.3 Å². The minimum absolute atomic E-state index is 0.0239. The first-order valence-electron chi connectivity index (χ1n) is 15.0. The van der Waals surface area contributed by atoms with E-state index < -0.39 is 11.9 Å². The molecule has 1 amide bonds. The van der Waals surface area contributed by atoms with Crippen molar-refractivity contribution in [2.75, 3.05) is 53.7 Å². The van der Waals surface area contributed by atoms with Crippen LogP contribution in [0.5, 0.6) is 23.0 Å². The molecule has 0 saturated carbocycles. The van der Waals surface area contributed by atoms with E-state index >= 15 is 0 Å². The topological polar surface area (TPSA) is 124 Å². The lowest BCUT2D eigenvalue weighted by molar-refractivity contribution is -0.143. The molecule has 3 unspecified atom stereocenters. The summed E-state index contributed by atoms with van der Waals surface area (Å²) in [5.74, 6) is 0.372. The smallest absolute Gasteiger partial charge is 0.308 e. The molecule has 0 spiro atoms. The van der Waals surface area contributed by atoms with Gasteiger partial charge in [0, 0.05) is 31.6 Å². The van der Waals surface area contributed by atoms with Crippen LogP contribution in [0.25, 0.3) is 0 Å². The molecule has 0 aliphatic carbocycles. The van der Waals surface area contributed by atoms with Crippen LogP contribution in [-0.2, 0) is 16.0 Å². The number of rotatable bonds is 16. The highest BCUT2D eigenvalue weighted by atomic mass is 16.7. The minimum Gasteiger partial charge on any atom is -0.496 e. The monoisotopic (exact) mass is 583 g/mol. The number of carboxylic acids is 1. The molecule has 2 heterocycles. The maximum atomic E-state index is 13.7. The quantitative estimate of drug-likeness (QED) is 0.283. The highest BCUT2D eigenvalue weighted by molar-refractivity contribution is 5.79. The van der Waals surface area contributed by atoms with Crippen LogP contribution in [0.2, 0.25) is 0 Å². The molecule has 4 rings (SSSR count). The number of carboxylic acid groups (broad SMARTS) is 1. The van der Waals surface area contributed by atoms with Crippen molar-refractivity contribution < 1.29 is 33.6 Å². The number of likely N-dealkylation sites (tertiary alicyclic amines) is 1. The molecule has 2 aromatic rings. The van der Waals surface area contributed by atoms with Crippen molar-refractivity contribution >= 4 is 11.9 Å². The summed E-state index contributed by atoms with van der Waals surface area (Å²) in [4.78, 5) is 30.7. The summed E-state index contributed by atoms with van der Waals surface area (Å²) in [5, 5.41) is 10.6. The Kier molecular flexibility index (Phi) is 11.3. The van der Waals surface area contributed by atoms with E-state index in [-0.39, 0.29) is 31.2 Å². The standard InChI is InChI=1S/C32H45N3O7/c1-4-5-15-34(16-9-8-14-33)29(36)20-35-19-24(23-17-27(40-3)31-28(18-23)41-21-42-31)30(32(37)38)25(35)13-12-22-10-6-7-11-26(22)39-2/h6-7,10-11,17-18,24-25,30H,4-5,8-9,12-16,19-21,33H2,1-3H3,(H,37,38). The first kappa shape index (κ1) is 31.4. The molecule has 42 heavy (non-hydrogen) atoms. The number of carbonyl (C=O) groups is 2. The van der Waals surface area contributed by atoms with Crippen molar-refractivity contribution in [1.29, 1.82) is 0 Å². The van der Waals surface area contributed by atoms with E-state index in [1.54, 1.807) is 14.2 Å². The SMILES string of the molecule is CCCCN(CCCCN)C(=O)CN1CC(c2cc(OC)c3c(c2)OCO3)C(C(=O)O)C1CCc1ccccc1OC. The van der Waals surface area contributed by atoms with Crippen LogP contribution in [0.3, 0.4) is 0 Å². The molecule has 0 bridgehead atoms. The molecule has 0 aromatic heterocycles. The first-order valence-corrected chi connectivity index (χ1v) is 15.0. The molecule has 1 saturated heterocycles. The zero-order chi connectivity index (χ0) is 30.1. The van der Waals surface area contributed by atoms with Gasteiger partial charge in [-0.25, -0.2) is 0 Å². The second kappa shape index (κ2) is 15.1. The van der Waals surface area contributed by atoms with Crippen LogP contribution in [0.4, 0.5) is 0 Å². The van der Waals surface area contributed by atoms with E-state index in [2.05, 4.69) is 11.8 Å². The molecular formula is C32H45N3O7. The lowest BCUT2D eigenvalue weighted by atomic mass is 9.83. The number of ether oxygens (including phenoxy) is 4. The maximum Gasteiger partial charge on any atom is 0.308 e. The van der Waals surface area contributed by atoms with Crippen molar-refractivity contribution in [3.05, 3.63) is 47.5 Å². The van der Waals surface area contributed by atoms with Crippen LogP contribution in [0.15, 0.2) is 36.4 Å². The molecule has 0 radical (unpaired) electrons. The van der Waals surface area contributed by atoms with Crippen molar-refractivity contribution in [3.8, 4) is 23.0 Å². The van der Waals surface area contributed by atoms with Crippen LogP contribution >= 0.6 is 0 Å². The van der Waals surface area contributed by atoms with Gasteiger partial charge >= 0.3 is 5.97 Å². The predicted octanol–water partition coefficient (Wildman–Crippen LogP) is 3.90. The molecular weight excluding hydrogens is 538 g/mol. The third-order valence-electron chi connectivity index (χ3n) is 8.40. The predicted molar refractivity (Wildman–Crippen MR) is 159 cm³/mol. The number of unbranched alkanes of at least 4 members (excludes halogenated alkanes) is 2. The number of nitrogens with zero attached hydrogens (tertiary/aromatic N) is 2. The van der Waals surface area contributed by atoms with Gasteiger partial charge in [-0.2, -0.15) is 0 Å². The first-order chi connectivity index (χ1) is 20.4. The summed E-state index contributed by atoms with van der Waals surface area (Å²) < 4.78 is 22.4.